The van der Waals surface area contributed by atoms with Crippen molar-refractivity contribution < 1.29 is 9.53 Å². The summed E-state index contributed by atoms with van der Waals surface area (Å²) in [5, 5.41) is 13.8. The number of nitriles is 1. The Morgan fingerprint density at radius 2 is 1.93 bits per heavy atom. The van der Waals surface area contributed by atoms with E-state index in [-0.39, 0.29) is 11.7 Å². The summed E-state index contributed by atoms with van der Waals surface area (Å²) in [5.74, 6) is 0.575. The number of pyridine rings is 1. The predicted octanol–water partition coefficient (Wildman–Crippen LogP) is 4.77. The molecule has 1 aromatic heterocycles. The monoisotopic (exact) mass is 391 g/mol. The van der Waals surface area contributed by atoms with Crippen LogP contribution in [0.4, 0.5) is 5.69 Å². The van der Waals surface area contributed by atoms with Crippen LogP contribution in [0.5, 0.6) is 5.75 Å². The van der Waals surface area contributed by atoms with Crippen LogP contribution in [-0.4, -0.2) is 23.8 Å². The summed E-state index contributed by atoms with van der Waals surface area (Å²) in [6.45, 7) is 6.02. The highest BCUT2D eigenvalue weighted by Crippen LogP contribution is 2.28. The zero-order chi connectivity index (χ0) is 20.3. The van der Waals surface area contributed by atoms with Gasteiger partial charge >= 0.3 is 0 Å². The molecule has 0 unspecified atom stereocenters. The Bertz CT molecular complexity index is 1100. The largest absolute Gasteiger partial charge is 0.495 e. The Balaban J connectivity index is 1.79. The van der Waals surface area contributed by atoms with Crippen LogP contribution in [-0.2, 0) is 4.79 Å². The second-order valence-corrected chi connectivity index (χ2v) is 7.59. The second kappa shape index (κ2) is 8.32. The quantitative estimate of drug-likeness (QED) is 0.634. The number of hydrogen-bond acceptors (Lipinski definition) is 5. The van der Waals surface area contributed by atoms with Crippen LogP contribution >= 0.6 is 11.8 Å². The lowest BCUT2D eigenvalue weighted by atomic mass is 10.1. The number of aromatic nitrogens is 1. The van der Waals surface area contributed by atoms with Gasteiger partial charge in [0.05, 0.1) is 29.6 Å². The van der Waals surface area contributed by atoms with Gasteiger partial charge < -0.3 is 10.1 Å². The first-order chi connectivity index (χ1) is 13.4. The molecule has 142 valence electrons. The van der Waals surface area contributed by atoms with Gasteiger partial charge in [-0.2, -0.15) is 5.26 Å². The van der Waals surface area contributed by atoms with E-state index in [4.69, 9.17) is 4.74 Å². The summed E-state index contributed by atoms with van der Waals surface area (Å²) in [6.07, 6.45) is 0. The van der Waals surface area contributed by atoms with E-state index in [1.807, 2.05) is 57.2 Å². The average molecular weight is 391 g/mol. The van der Waals surface area contributed by atoms with Gasteiger partial charge in [-0.1, -0.05) is 17.8 Å². The van der Waals surface area contributed by atoms with Gasteiger partial charge in [-0.05, 0) is 67.8 Å². The number of aryl methyl sites for hydroxylation is 3. The third-order valence-electron chi connectivity index (χ3n) is 4.48. The number of anilines is 1. The molecule has 5 nitrogen and oxygen atoms in total. The maximum atomic E-state index is 12.4. The van der Waals surface area contributed by atoms with Crippen LogP contribution in [0, 0.1) is 32.1 Å². The highest BCUT2D eigenvalue weighted by atomic mass is 32.2. The smallest absolute Gasteiger partial charge is 0.234 e. The molecule has 28 heavy (non-hydrogen) atoms. The van der Waals surface area contributed by atoms with Crippen LogP contribution < -0.4 is 10.1 Å². The van der Waals surface area contributed by atoms with Crippen LogP contribution in [0.1, 0.15) is 22.3 Å². The normalized spacial score (nSPS) is 10.5. The van der Waals surface area contributed by atoms with Gasteiger partial charge in [0.15, 0.2) is 0 Å². The third kappa shape index (κ3) is 4.26. The van der Waals surface area contributed by atoms with Crippen molar-refractivity contribution in [2.45, 2.75) is 25.8 Å². The summed E-state index contributed by atoms with van der Waals surface area (Å²) >= 11 is 1.26. The van der Waals surface area contributed by atoms with E-state index in [1.54, 1.807) is 7.11 Å². The topological polar surface area (TPSA) is 75.0 Å². The molecular weight excluding hydrogens is 370 g/mol. The van der Waals surface area contributed by atoms with Crippen molar-refractivity contribution in [2.24, 2.45) is 0 Å². The predicted molar refractivity (Wildman–Crippen MR) is 113 cm³/mol. The standard InChI is InChI=1S/C22H21N3O2S/c1-13-5-6-20(27-4)19(7-13)24-21(26)12-28-22-17(11-23)10-16-8-14(2)15(3)9-18(16)25-22/h5-10H,12H2,1-4H3,(H,24,26). The summed E-state index contributed by atoms with van der Waals surface area (Å²) in [6, 6.07) is 13.7. The number of fused-ring (bicyclic) bond motifs is 1. The van der Waals surface area contributed by atoms with Crippen molar-refractivity contribution >= 4 is 34.3 Å². The minimum Gasteiger partial charge on any atom is -0.495 e. The van der Waals surface area contributed by atoms with Crippen molar-refractivity contribution in [1.82, 2.24) is 4.98 Å². The Hall–Kier alpha value is -3.04. The van der Waals surface area contributed by atoms with Gasteiger partial charge in [-0.25, -0.2) is 4.98 Å². The number of ether oxygens (including phenoxy) is 1. The third-order valence-corrected chi connectivity index (χ3v) is 5.48. The van der Waals surface area contributed by atoms with E-state index in [0.29, 0.717) is 22.0 Å². The molecule has 0 spiro atoms. The molecule has 6 heteroatoms. The van der Waals surface area contributed by atoms with E-state index in [9.17, 15) is 10.1 Å². The number of hydrogen-bond donors (Lipinski definition) is 1. The number of benzene rings is 2. The van der Waals surface area contributed by atoms with E-state index >= 15 is 0 Å². The van der Waals surface area contributed by atoms with Crippen molar-refractivity contribution in [1.29, 1.82) is 5.26 Å². The molecule has 0 saturated carbocycles. The SMILES string of the molecule is COc1ccc(C)cc1NC(=O)CSc1nc2cc(C)c(C)cc2cc1C#N. The molecule has 0 atom stereocenters. The molecule has 2 aromatic carbocycles. The van der Waals surface area contributed by atoms with Crippen molar-refractivity contribution in [3.05, 3.63) is 58.7 Å². The van der Waals surface area contributed by atoms with Crippen LogP contribution in [0.25, 0.3) is 10.9 Å². The highest BCUT2D eigenvalue weighted by Gasteiger charge is 2.13. The minimum absolute atomic E-state index is 0.148. The number of carbonyl (C=O) groups excluding carboxylic acids is 1. The van der Waals surface area contributed by atoms with Gasteiger partial charge in [-0.3, -0.25) is 4.79 Å². The lowest BCUT2D eigenvalue weighted by Gasteiger charge is -2.11. The molecule has 0 fully saturated rings. The van der Waals surface area contributed by atoms with Crippen molar-refractivity contribution in [2.75, 3.05) is 18.2 Å². The Morgan fingerprint density at radius 3 is 2.64 bits per heavy atom. The van der Waals surface area contributed by atoms with Gasteiger partial charge in [-0.15, -0.1) is 0 Å². The van der Waals surface area contributed by atoms with Gasteiger partial charge in [0, 0.05) is 5.39 Å². The van der Waals surface area contributed by atoms with E-state index < -0.39 is 0 Å². The molecule has 0 radical (unpaired) electrons. The fourth-order valence-electron chi connectivity index (χ4n) is 2.85. The van der Waals surface area contributed by atoms with Crippen LogP contribution in [0.2, 0.25) is 0 Å². The summed E-state index contributed by atoms with van der Waals surface area (Å²) in [7, 11) is 1.57. The molecule has 3 rings (SSSR count). The molecule has 0 aliphatic carbocycles. The zero-order valence-corrected chi connectivity index (χ0v) is 17.1. The van der Waals surface area contributed by atoms with Crippen LogP contribution in [0.15, 0.2) is 41.4 Å². The first kappa shape index (κ1) is 19.7. The molecule has 0 bridgehead atoms. The van der Waals surface area contributed by atoms with Crippen molar-refractivity contribution in [3.8, 4) is 11.8 Å². The Labute approximate surface area is 168 Å². The van der Waals surface area contributed by atoms with Gasteiger partial charge in [0.25, 0.3) is 0 Å². The molecule has 0 aliphatic heterocycles. The molecule has 1 N–H and O–H groups in total. The highest BCUT2D eigenvalue weighted by molar-refractivity contribution is 8.00. The van der Waals surface area contributed by atoms with Crippen molar-refractivity contribution in [3.63, 3.8) is 0 Å². The average Bonchev–Trinajstić information content (AvgIpc) is 2.67. The lowest BCUT2D eigenvalue weighted by Crippen LogP contribution is -2.15. The number of carbonyl (C=O) groups is 1. The first-order valence-corrected chi connectivity index (χ1v) is 9.79. The van der Waals surface area contributed by atoms with Crippen LogP contribution in [0.3, 0.4) is 0 Å². The van der Waals surface area contributed by atoms with E-state index in [0.717, 1.165) is 27.6 Å². The number of methoxy groups -OCH3 is 1. The maximum absolute atomic E-state index is 12.4. The molecule has 0 saturated heterocycles. The fraction of sp³-hybridized carbons (Fsp3) is 0.227. The molecule has 3 aromatic rings. The number of nitrogens with one attached hydrogen (secondary N) is 1. The van der Waals surface area contributed by atoms with E-state index in [2.05, 4.69) is 16.4 Å². The first-order valence-electron chi connectivity index (χ1n) is 8.80. The fourth-order valence-corrected chi connectivity index (χ4v) is 3.62. The number of nitrogens with zero attached hydrogens (tertiary/aromatic N) is 2. The molecule has 1 heterocycles. The lowest BCUT2D eigenvalue weighted by molar-refractivity contribution is -0.113. The zero-order valence-electron chi connectivity index (χ0n) is 16.3. The Morgan fingerprint density at radius 1 is 1.18 bits per heavy atom. The van der Waals surface area contributed by atoms with Gasteiger partial charge in [0.2, 0.25) is 5.91 Å². The number of amides is 1. The maximum Gasteiger partial charge on any atom is 0.234 e. The number of rotatable bonds is 5. The minimum atomic E-state index is -0.181. The second-order valence-electron chi connectivity index (χ2n) is 6.62. The molecular formula is C22H21N3O2S. The summed E-state index contributed by atoms with van der Waals surface area (Å²) in [4.78, 5) is 17.0. The summed E-state index contributed by atoms with van der Waals surface area (Å²) < 4.78 is 5.29. The molecule has 0 aliphatic rings. The molecule has 1 amide bonds. The number of thioether (sulfide) groups is 1. The van der Waals surface area contributed by atoms with Gasteiger partial charge in [0.1, 0.15) is 16.8 Å². The Kier molecular flexibility index (Phi) is 5.86. The summed E-state index contributed by atoms with van der Waals surface area (Å²) in [5.41, 5.74) is 5.26. The van der Waals surface area contributed by atoms with E-state index in [1.165, 1.54) is 11.8 Å².